The van der Waals surface area contributed by atoms with Crippen molar-refractivity contribution in [3.05, 3.63) is 0 Å². The fraction of sp³-hybridized carbons (Fsp3) is 0.857. The average Bonchev–Trinajstić information content (AvgIpc) is 2.01. The molecule has 0 aromatic heterocycles. The number of hydrogen-bond acceptors (Lipinski definition) is 3. The van der Waals surface area contributed by atoms with Crippen LogP contribution in [0, 0.1) is 5.92 Å². The van der Waals surface area contributed by atoms with Crippen molar-refractivity contribution in [1.82, 2.24) is 4.72 Å². The van der Waals surface area contributed by atoms with E-state index in [-0.39, 0.29) is 6.04 Å². The lowest BCUT2D eigenvalue weighted by molar-refractivity contribution is -0.143. The lowest BCUT2D eigenvalue weighted by Crippen LogP contribution is -2.42. The molecule has 2 atom stereocenters. The highest BCUT2D eigenvalue weighted by Crippen LogP contribution is 2.24. The van der Waals surface area contributed by atoms with Gasteiger partial charge in [0.05, 0.1) is 5.92 Å². The third-order valence-electron chi connectivity index (χ3n) is 2.35. The Bertz CT molecular complexity index is 314. The minimum Gasteiger partial charge on any atom is -0.481 e. The van der Waals surface area contributed by atoms with Gasteiger partial charge in [0, 0.05) is 6.04 Å². The largest absolute Gasteiger partial charge is 0.481 e. The molecule has 6 nitrogen and oxygen atoms in total. The van der Waals surface area contributed by atoms with Crippen LogP contribution in [0.3, 0.4) is 0 Å². The third kappa shape index (κ3) is 3.60. The summed E-state index contributed by atoms with van der Waals surface area (Å²) in [6.07, 6.45) is 2.30. The van der Waals surface area contributed by atoms with Crippen LogP contribution in [0.2, 0.25) is 0 Å². The fourth-order valence-corrected chi connectivity index (χ4v) is 2.43. The van der Waals surface area contributed by atoms with Crippen LogP contribution in [0.25, 0.3) is 0 Å². The van der Waals surface area contributed by atoms with Crippen molar-refractivity contribution in [3.8, 4) is 0 Å². The third-order valence-corrected chi connectivity index (χ3v) is 3.02. The van der Waals surface area contributed by atoms with Crippen molar-refractivity contribution in [1.29, 1.82) is 0 Å². The molecular weight excluding hydrogens is 208 g/mol. The molecule has 1 fully saturated rings. The van der Waals surface area contributed by atoms with Gasteiger partial charge in [0.1, 0.15) is 0 Å². The Balaban J connectivity index is 2.52. The zero-order valence-corrected chi connectivity index (χ0v) is 8.46. The molecule has 1 rings (SSSR count). The van der Waals surface area contributed by atoms with E-state index in [4.69, 9.17) is 10.2 Å². The van der Waals surface area contributed by atoms with Crippen molar-refractivity contribution in [3.63, 3.8) is 0 Å². The van der Waals surface area contributed by atoms with Crippen LogP contribution in [0.15, 0.2) is 0 Å². The molecular formula is C7H14N2O4S. The van der Waals surface area contributed by atoms with Crippen LogP contribution in [0.4, 0.5) is 0 Å². The van der Waals surface area contributed by atoms with Gasteiger partial charge in [-0.1, -0.05) is 6.42 Å². The van der Waals surface area contributed by atoms with Gasteiger partial charge in [-0.25, -0.2) is 5.14 Å². The summed E-state index contributed by atoms with van der Waals surface area (Å²) in [5, 5.41) is 13.5. The quantitative estimate of drug-likeness (QED) is 0.593. The normalized spacial score (nSPS) is 28.6. The first-order chi connectivity index (χ1) is 6.38. The van der Waals surface area contributed by atoms with Gasteiger partial charge in [-0.15, -0.1) is 0 Å². The van der Waals surface area contributed by atoms with Crippen LogP contribution >= 0.6 is 0 Å². The molecule has 4 N–H and O–H groups in total. The van der Waals surface area contributed by atoms with Crippen LogP contribution in [0.5, 0.6) is 0 Å². The van der Waals surface area contributed by atoms with E-state index in [2.05, 4.69) is 4.72 Å². The highest BCUT2D eigenvalue weighted by Gasteiger charge is 2.28. The SMILES string of the molecule is NS(=O)(=O)NC1CCCC(C(=O)O)C1. The van der Waals surface area contributed by atoms with Crippen molar-refractivity contribution < 1.29 is 18.3 Å². The van der Waals surface area contributed by atoms with Crippen molar-refractivity contribution in [2.45, 2.75) is 31.7 Å². The van der Waals surface area contributed by atoms with E-state index in [0.717, 1.165) is 0 Å². The summed E-state index contributed by atoms with van der Waals surface area (Å²) in [7, 11) is -3.72. The lowest BCUT2D eigenvalue weighted by Gasteiger charge is -2.26. The molecule has 0 aliphatic heterocycles. The molecule has 1 aliphatic carbocycles. The predicted octanol–water partition coefficient (Wildman–Crippen LogP) is -0.577. The number of nitrogens with one attached hydrogen (secondary N) is 1. The summed E-state index contributed by atoms with van der Waals surface area (Å²) in [4.78, 5) is 10.7. The van der Waals surface area contributed by atoms with E-state index < -0.39 is 22.1 Å². The van der Waals surface area contributed by atoms with Gasteiger partial charge in [0.25, 0.3) is 10.2 Å². The fourth-order valence-electron chi connectivity index (χ4n) is 1.75. The van der Waals surface area contributed by atoms with Gasteiger partial charge in [0.15, 0.2) is 0 Å². The highest BCUT2D eigenvalue weighted by atomic mass is 32.2. The zero-order valence-electron chi connectivity index (χ0n) is 7.64. The number of hydrogen-bond donors (Lipinski definition) is 3. The second-order valence-corrected chi connectivity index (χ2v) is 4.89. The van der Waals surface area contributed by atoms with E-state index in [1.165, 1.54) is 0 Å². The standard InChI is InChI=1S/C7H14N2O4S/c8-14(12,13)9-6-3-1-2-5(4-6)7(10)11/h5-6,9H,1-4H2,(H,10,11)(H2,8,12,13). The summed E-state index contributed by atoms with van der Waals surface area (Å²) < 4.78 is 23.6. The molecule has 7 heteroatoms. The van der Waals surface area contributed by atoms with Gasteiger partial charge >= 0.3 is 5.97 Å². The molecule has 1 aliphatic rings. The monoisotopic (exact) mass is 222 g/mol. The van der Waals surface area contributed by atoms with Crippen molar-refractivity contribution in [2.24, 2.45) is 11.1 Å². The first-order valence-electron chi connectivity index (χ1n) is 4.41. The van der Waals surface area contributed by atoms with Gasteiger partial charge in [-0.05, 0) is 19.3 Å². The minimum atomic E-state index is -3.72. The van der Waals surface area contributed by atoms with Crippen LogP contribution < -0.4 is 9.86 Å². The maximum Gasteiger partial charge on any atom is 0.306 e. The van der Waals surface area contributed by atoms with E-state index in [1.54, 1.807) is 0 Å². The summed E-state index contributed by atoms with van der Waals surface area (Å²) in [6, 6.07) is -0.333. The molecule has 0 amide bonds. The molecule has 82 valence electrons. The molecule has 14 heavy (non-hydrogen) atoms. The van der Waals surface area contributed by atoms with E-state index in [0.29, 0.717) is 25.7 Å². The molecule has 0 bridgehead atoms. The molecule has 0 radical (unpaired) electrons. The Morgan fingerprint density at radius 1 is 1.43 bits per heavy atom. The summed E-state index contributed by atoms with van der Waals surface area (Å²) >= 11 is 0. The molecule has 0 heterocycles. The van der Waals surface area contributed by atoms with Gasteiger partial charge in [-0.2, -0.15) is 13.1 Å². The number of carboxylic acids is 1. The highest BCUT2D eigenvalue weighted by molar-refractivity contribution is 7.87. The topological polar surface area (TPSA) is 109 Å². The molecule has 0 aromatic rings. The smallest absolute Gasteiger partial charge is 0.306 e. The Morgan fingerprint density at radius 2 is 2.07 bits per heavy atom. The van der Waals surface area contributed by atoms with Crippen molar-refractivity contribution >= 4 is 16.2 Å². The summed E-state index contributed by atoms with van der Waals surface area (Å²) in [5.41, 5.74) is 0. The number of carboxylic acid groups (broad SMARTS) is 1. The lowest BCUT2D eigenvalue weighted by atomic mass is 9.86. The molecule has 0 spiro atoms. The molecule has 0 saturated heterocycles. The number of carbonyl (C=O) groups is 1. The van der Waals surface area contributed by atoms with E-state index in [9.17, 15) is 13.2 Å². The molecule has 0 aromatic carbocycles. The molecule has 1 saturated carbocycles. The average molecular weight is 222 g/mol. The zero-order chi connectivity index (χ0) is 10.8. The second-order valence-electron chi connectivity index (χ2n) is 3.56. The Morgan fingerprint density at radius 3 is 2.57 bits per heavy atom. The Kier molecular flexibility index (Phi) is 3.46. The van der Waals surface area contributed by atoms with E-state index >= 15 is 0 Å². The Hall–Kier alpha value is -0.660. The van der Waals surface area contributed by atoms with Crippen LogP contribution in [0.1, 0.15) is 25.7 Å². The summed E-state index contributed by atoms with van der Waals surface area (Å²) in [6.45, 7) is 0. The van der Waals surface area contributed by atoms with Crippen LogP contribution in [-0.4, -0.2) is 25.5 Å². The Labute approximate surface area is 82.7 Å². The first-order valence-corrected chi connectivity index (χ1v) is 5.96. The number of nitrogens with two attached hydrogens (primary N) is 1. The van der Waals surface area contributed by atoms with Gasteiger partial charge in [-0.3, -0.25) is 4.79 Å². The van der Waals surface area contributed by atoms with Gasteiger partial charge < -0.3 is 5.11 Å². The maximum atomic E-state index is 10.7. The number of rotatable bonds is 3. The second kappa shape index (κ2) is 4.24. The van der Waals surface area contributed by atoms with Crippen molar-refractivity contribution in [2.75, 3.05) is 0 Å². The first kappa shape index (κ1) is 11.4. The predicted molar refractivity (Wildman–Crippen MR) is 49.6 cm³/mol. The number of aliphatic carboxylic acids is 1. The minimum absolute atomic E-state index is 0.325. The van der Waals surface area contributed by atoms with Gasteiger partial charge in [0.2, 0.25) is 0 Å². The van der Waals surface area contributed by atoms with E-state index in [1.807, 2.05) is 0 Å². The maximum absolute atomic E-state index is 10.7. The summed E-state index contributed by atoms with van der Waals surface area (Å²) in [5.74, 6) is -1.33. The molecule has 2 unspecified atom stereocenters. The van der Waals surface area contributed by atoms with Crippen LogP contribution in [-0.2, 0) is 15.0 Å².